The molecular weight excluding hydrogens is 384 g/mol. The number of nitrogens with zero attached hydrogens (tertiary/aromatic N) is 6. The number of rotatable bonds is 4. The smallest absolute Gasteiger partial charge is 0.258 e. The van der Waals surface area contributed by atoms with Crippen LogP contribution >= 0.6 is 0 Å². The minimum Gasteiger partial charge on any atom is -0.497 e. The van der Waals surface area contributed by atoms with Gasteiger partial charge in [-0.05, 0) is 32.0 Å². The Bertz CT molecular complexity index is 1250. The third-order valence-corrected chi connectivity index (χ3v) is 5.51. The normalized spacial score (nSPS) is 12.8. The van der Waals surface area contributed by atoms with Crippen LogP contribution < -0.4 is 4.74 Å². The van der Waals surface area contributed by atoms with E-state index < -0.39 is 5.60 Å². The Balaban J connectivity index is 1.70. The maximum Gasteiger partial charge on any atom is 0.258 e. The minimum atomic E-state index is -0.679. The minimum absolute atomic E-state index is 0.405. The highest BCUT2D eigenvalue weighted by atomic mass is 16.5. The average Bonchev–Trinajstić information content (AvgIpc) is 3.45. The van der Waals surface area contributed by atoms with Crippen molar-refractivity contribution in [1.82, 2.24) is 29.5 Å². The fourth-order valence-corrected chi connectivity index (χ4v) is 3.70. The third kappa shape index (κ3) is 2.73. The summed E-state index contributed by atoms with van der Waals surface area (Å²) in [5.41, 5.74) is 4.95. The van der Waals surface area contributed by atoms with E-state index in [1.54, 1.807) is 20.5 Å². The molecule has 9 nitrogen and oxygen atoms in total. The van der Waals surface area contributed by atoms with Crippen molar-refractivity contribution in [3.8, 4) is 34.2 Å². The highest BCUT2D eigenvalue weighted by Crippen LogP contribution is 2.38. The molecule has 154 valence electrons. The number of methoxy groups -OCH3 is 2. The molecule has 0 fully saturated rings. The summed E-state index contributed by atoms with van der Waals surface area (Å²) in [6.07, 6.45) is 4.45. The van der Waals surface area contributed by atoms with Gasteiger partial charge in [0.25, 0.3) is 5.89 Å². The number of fused-ring (bicyclic) bond motifs is 5. The van der Waals surface area contributed by atoms with Crippen LogP contribution in [0.4, 0.5) is 0 Å². The lowest BCUT2D eigenvalue weighted by atomic mass is 10.0. The first-order valence-electron chi connectivity index (χ1n) is 9.58. The molecule has 0 atom stereocenters. The summed E-state index contributed by atoms with van der Waals surface area (Å²) >= 11 is 0. The van der Waals surface area contributed by atoms with Crippen LogP contribution in [0.3, 0.4) is 0 Å². The quantitative estimate of drug-likeness (QED) is 0.453. The lowest BCUT2D eigenvalue weighted by molar-refractivity contribution is -0.00786. The fourth-order valence-electron chi connectivity index (χ4n) is 3.70. The maximum atomic E-state index is 5.47. The van der Waals surface area contributed by atoms with E-state index in [9.17, 15) is 0 Å². The summed E-state index contributed by atoms with van der Waals surface area (Å²) < 4.78 is 20.3. The van der Waals surface area contributed by atoms with E-state index in [4.69, 9.17) is 19.1 Å². The topological polar surface area (TPSA) is 93.0 Å². The molecule has 0 saturated carbocycles. The summed E-state index contributed by atoms with van der Waals surface area (Å²) in [6, 6.07) is 5.95. The molecule has 0 bridgehead atoms. The molecule has 4 aromatic rings. The van der Waals surface area contributed by atoms with Crippen molar-refractivity contribution in [3.05, 3.63) is 47.9 Å². The lowest BCUT2D eigenvalue weighted by Gasteiger charge is -2.16. The van der Waals surface area contributed by atoms with Gasteiger partial charge in [0, 0.05) is 37.9 Å². The molecule has 0 N–H and O–H groups in total. The number of hydrogen-bond acceptors (Lipinski definition) is 7. The van der Waals surface area contributed by atoms with Crippen LogP contribution in [0.25, 0.3) is 28.5 Å². The number of aromatic nitrogens is 6. The summed E-state index contributed by atoms with van der Waals surface area (Å²) in [7, 11) is 5.19. The van der Waals surface area contributed by atoms with Crippen LogP contribution in [-0.4, -0.2) is 43.7 Å². The first-order chi connectivity index (χ1) is 14.4. The molecule has 1 aliphatic heterocycles. The monoisotopic (exact) mass is 406 g/mol. The Kier molecular flexibility index (Phi) is 4.04. The van der Waals surface area contributed by atoms with Crippen molar-refractivity contribution < 1.29 is 14.0 Å². The molecule has 0 radical (unpaired) electrons. The Morgan fingerprint density at radius 2 is 2.00 bits per heavy atom. The number of aryl methyl sites for hydroxylation is 1. The lowest BCUT2D eigenvalue weighted by Crippen LogP contribution is -2.19. The van der Waals surface area contributed by atoms with Crippen molar-refractivity contribution >= 4 is 0 Å². The van der Waals surface area contributed by atoms with E-state index in [0.717, 1.165) is 34.0 Å². The Morgan fingerprint density at radius 1 is 1.17 bits per heavy atom. The second kappa shape index (κ2) is 6.53. The van der Waals surface area contributed by atoms with E-state index in [2.05, 4.69) is 19.7 Å². The van der Waals surface area contributed by atoms with Crippen LogP contribution in [0.2, 0.25) is 0 Å². The zero-order chi connectivity index (χ0) is 21.0. The largest absolute Gasteiger partial charge is 0.497 e. The molecule has 5 rings (SSSR count). The number of imidazole rings is 1. The molecule has 0 aliphatic carbocycles. The van der Waals surface area contributed by atoms with Gasteiger partial charge in [0.1, 0.15) is 23.4 Å². The van der Waals surface area contributed by atoms with E-state index >= 15 is 0 Å². The summed E-state index contributed by atoms with van der Waals surface area (Å²) in [5.74, 6) is 1.62. The van der Waals surface area contributed by atoms with Gasteiger partial charge in [0.15, 0.2) is 0 Å². The predicted octanol–water partition coefficient (Wildman–Crippen LogP) is 3.12. The third-order valence-electron chi connectivity index (χ3n) is 5.51. The zero-order valence-electron chi connectivity index (χ0n) is 17.5. The van der Waals surface area contributed by atoms with Crippen LogP contribution in [0.5, 0.6) is 5.75 Å². The molecule has 1 aliphatic rings. The summed E-state index contributed by atoms with van der Waals surface area (Å²) in [4.78, 5) is 9.19. The number of benzene rings is 1. The standard InChI is InChI=1S/C21H22N6O3/c1-21(2,29-5)20-23-19(25-30-20)18-16-8-12-10-26(3)24-17(12)14-9-13(28-4)6-7-15(14)27(16)11-22-18/h6-7,9-11H,8H2,1-5H3. The van der Waals surface area contributed by atoms with E-state index in [1.807, 2.05) is 50.0 Å². The van der Waals surface area contributed by atoms with Gasteiger partial charge in [0.05, 0.1) is 24.2 Å². The van der Waals surface area contributed by atoms with Crippen LogP contribution in [0.15, 0.2) is 35.2 Å². The molecule has 9 heteroatoms. The van der Waals surface area contributed by atoms with Crippen molar-refractivity contribution in [2.45, 2.75) is 25.9 Å². The van der Waals surface area contributed by atoms with E-state index in [1.165, 1.54) is 0 Å². The van der Waals surface area contributed by atoms with Gasteiger partial charge in [-0.15, -0.1) is 0 Å². The Morgan fingerprint density at radius 3 is 2.77 bits per heavy atom. The molecule has 0 saturated heterocycles. The molecular formula is C21H22N6O3. The van der Waals surface area contributed by atoms with Gasteiger partial charge in [-0.25, -0.2) is 4.98 Å². The van der Waals surface area contributed by atoms with Gasteiger partial charge in [-0.2, -0.15) is 10.1 Å². The van der Waals surface area contributed by atoms with E-state index in [0.29, 0.717) is 23.8 Å². The zero-order valence-corrected chi connectivity index (χ0v) is 17.5. The molecule has 0 amide bonds. The Hall–Kier alpha value is -3.46. The van der Waals surface area contributed by atoms with Crippen LogP contribution in [-0.2, 0) is 23.8 Å². The molecule has 0 spiro atoms. The molecule has 0 unspecified atom stereocenters. The second-order valence-electron chi connectivity index (χ2n) is 7.78. The maximum absolute atomic E-state index is 5.47. The molecule has 1 aromatic carbocycles. The highest BCUT2D eigenvalue weighted by molar-refractivity contribution is 5.77. The molecule has 3 aromatic heterocycles. The first kappa shape index (κ1) is 18.6. The van der Waals surface area contributed by atoms with Crippen LogP contribution in [0, 0.1) is 0 Å². The van der Waals surface area contributed by atoms with Gasteiger partial charge in [-0.1, -0.05) is 5.16 Å². The Labute approximate surface area is 173 Å². The van der Waals surface area contributed by atoms with Gasteiger partial charge >= 0.3 is 0 Å². The van der Waals surface area contributed by atoms with Crippen molar-refractivity contribution in [3.63, 3.8) is 0 Å². The first-order valence-corrected chi connectivity index (χ1v) is 9.58. The van der Waals surface area contributed by atoms with Gasteiger partial charge in [0.2, 0.25) is 5.82 Å². The van der Waals surface area contributed by atoms with Gasteiger partial charge < -0.3 is 18.6 Å². The highest BCUT2D eigenvalue weighted by Gasteiger charge is 2.30. The van der Waals surface area contributed by atoms with E-state index in [-0.39, 0.29) is 0 Å². The second-order valence-corrected chi connectivity index (χ2v) is 7.78. The van der Waals surface area contributed by atoms with Crippen molar-refractivity contribution in [2.24, 2.45) is 7.05 Å². The average molecular weight is 406 g/mol. The number of hydrogen-bond donors (Lipinski definition) is 0. The van der Waals surface area contributed by atoms with Gasteiger partial charge in [-0.3, -0.25) is 4.68 Å². The van der Waals surface area contributed by atoms with Crippen molar-refractivity contribution in [2.75, 3.05) is 14.2 Å². The summed E-state index contributed by atoms with van der Waals surface area (Å²) in [5, 5.41) is 8.87. The fraction of sp³-hybridized carbons (Fsp3) is 0.333. The SMILES string of the molecule is COc1ccc2c(c1)-c1nn(C)cc1Cc1c(-c3noc(C(C)(C)OC)n3)ncn1-2. The molecule has 30 heavy (non-hydrogen) atoms. The predicted molar refractivity (Wildman–Crippen MR) is 108 cm³/mol. The number of ether oxygens (including phenoxy) is 2. The summed E-state index contributed by atoms with van der Waals surface area (Å²) in [6.45, 7) is 3.76. The molecule has 4 heterocycles. The van der Waals surface area contributed by atoms with Crippen LogP contribution in [0.1, 0.15) is 31.0 Å². The van der Waals surface area contributed by atoms with Crippen molar-refractivity contribution in [1.29, 1.82) is 0 Å².